The molecule has 0 aromatic heterocycles. The Morgan fingerprint density at radius 2 is 1.52 bits per heavy atom. The monoisotopic (exact) mass is 376 g/mol. The Labute approximate surface area is 153 Å². The Bertz CT molecular complexity index is 842. The van der Waals surface area contributed by atoms with Crippen LogP contribution in [0.15, 0.2) is 44.0 Å². The van der Waals surface area contributed by atoms with Gasteiger partial charge in [0.05, 0.1) is 11.4 Å². The molecule has 0 bridgehead atoms. The molecule has 0 atom stereocenters. The summed E-state index contributed by atoms with van der Waals surface area (Å²) in [5, 5.41) is 2.55. The fraction of sp³-hybridized carbons (Fsp3) is 0.294. The molecule has 0 saturated carbocycles. The van der Waals surface area contributed by atoms with Gasteiger partial charge in [0.1, 0.15) is 8.75 Å². The highest BCUT2D eigenvalue weighted by Crippen LogP contribution is 2.51. The minimum atomic E-state index is 1.08. The van der Waals surface area contributed by atoms with Crippen LogP contribution in [0.2, 0.25) is 0 Å². The van der Waals surface area contributed by atoms with E-state index in [0.29, 0.717) is 0 Å². The van der Waals surface area contributed by atoms with Crippen LogP contribution in [0.25, 0.3) is 10.8 Å². The summed E-state index contributed by atoms with van der Waals surface area (Å²) in [7, 11) is 0. The molecule has 2 aliphatic rings. The second kappa shape index (κ2) is 6.75. The highest BCUT2D eigenvalue weighted by atomic mass is 32.2. The molecular weight excluding hydrogens is 360 g/mol. The second-order valence-corrected chi connectivity index (χ2v) is 9.74. The van der Waals surface area contributed by atoms with E-state index in [-0.39, 0.29) is 0 Å². The molecule has 2 heterocycles. The Hall–Kier alpha value is -0.560. The normalized spacial score (nSPS) is 15.6. The maximum Gasteiger partial charge on any atom is 0.135 e. The highest BCUT2D eigenvalue weighted by molar-refractivity contribution is 8.39. The topological polar surface area (TPSA) is 24.7 Å². The maximum atomic E-state index is 4.89. The lowest BCUT2D eigenvalue weighted by Gasteiger charge is -2.21. The van der Waals surface area contributed by atoms with Gasteiger partial charge < -0.3 is 0 Å². The molecule has 0 fully saturated rings. The van der Waals surface area contributed by atoms with Crippen LogP contribution in [0.1, 0.15) is 19.8 Å². The van der Waals surface area contributed by atoms with Crippen LogP contribution < -0.4 is 0 Å². The van der Waals surface area contributed by atoms with Crippen molar-refractivity contribution in [2.45, 2.75) is 29.6 Å². The van der Waals surface area contributed by atoms with E-state index in [0.717, 1.165) is 21.5 Å². The van der Waals surface area contributed by atoms with Crippen LogP contribution in [0, 0.1) is 0 Å². The zero-order chi connectivity index (χ0) is 15.8. The number of unbranched alkanes of at least 4 members (excludes halogenated alkanes) is 1. The van der Waals surface area contributed by atoms with Crippen LogP contribution >= 0.6 is 47.0 Å². The van der Waals surface area contributed by atoms with Crippen LogP contribution in [-0.4, -0.2) is 20.8 Å². The van der Waals surface area contributed by atoms with Crippen LogP contribution in [0.4, 0.5) is 11.4 Å². The van der Waals surface area contributed by atoms with Gasteiger partial charge in [0, 0.05) is 26.3 Å². The summed E-state index contributed by atoms with van der Waals surface area (Å²) >= 11 is 7.17. The molecule has 2 aliphatic heterocycles. The molecule has 2 nitrogen and oxygen atoms in total. The molecule has 0 radical (unpaired) electrons. The van der Waals surface area contributed by atoms with E-state index in [2.05, 4.69) is 37.4 Å². The molecule has 6 heteroatoms. The lowest BCUT2D eigenvalue weighted by Crippen LogP contribution is -1.98. The van der Waals surface area contributed by atoms with Crippen molar-refractivity contribution in [3.8, 4) is 0 Å². The number of nitrogens with zero attached hydrogens (tertiary/aromatic N) is 2. The number of rotatable bonds is 3. The average molecular weight is 377 g/mol. The third kappa shape index (κ3) is 2.95. The van der Waals surface area contributed by atoms with Crippen molar-refractivity contribution < 1.29 is 0 Å². The first-order valence-corrected chi connectivity index (χ1v) is 11.4. The fourth-order valence-corrected chi connectivity index (χ4v) is 6.51. The molecule has 0 saturated heterocycles. The largest absolute Gasteiger partial charge is 0.234 e. The molecule has 2 aromatic carbocycles. The molecule has 0 N–H and O–H groups in total. The van der Waals surface area contributed by atoms with Gasteiger partial charge in [-0.3, -0.25) is 0 Å². The van der Waals surface area contributed by atoms with Gasteiger partial charge in [0.25, 0.3) is 0 Å². The van der Waals surface area contributed by atoms with Crippen molar-refractivity contribution in [1.29, 1.82) is 0 Å². The summed E-state index contributed by atoms with van der Waals surface area (Å²) < 4.78 is 2.29. The smallest absolute Gasteiger partial charge is 0.135 e. The number of hydrogen-bond donors (Lipinski definition) is 0. The number of hydrogen-bond acceptors (Lipinski definition) is 6. The fourth-order valence-electron chi connectivity index (χ4n) is 2.64. The number of benzene rings is 2. The van der Waals surface area contributed by atoms with Crippen molar-refractivity contribution in [2.24, 2.45) is 9.98 Å². The Morgan fingerprint density at radius 3 is 2.13 bits per heavy atom. The predicted molar refractivity (Wildman–Crippen MR) is 111 cm³/mol. The molecule has 4 rings (SSSR count). The molecule has 0 aliphatic carbocycles. The molecule has 0 unspecified atom stereocenters. The predicted octanol–water partition coefficient (Wildman–Crippen LogP) is 6.92. The molecule has 0 spiro atoms. The van der Waals surface area contributed by atoms with Gasteiger partial charge in [-0.15, -0.1) is 11.8 Å². The van der Waals surface area contributed by atoms with E-state index in [4.69, 9.17) is 9.98 Å². The van der Waals surface area contributed by atoms with E-state index in [1.165, 1.54) is 37.8 Å². The summed E-state index contributed by atoms with van der Waals surface area (Å²) in [6.45, 7) is 2.23. The minimum absolute atomic E-state index is 1.08. The number of aliphatic imine (C=N–C) groups is 2. The van der Waals surface area contributed by atoms with Gasteiger partial charge in [-0.2, -0.15) is 0 Å². The van der Waals surface area contributed by atoms with E-state index in [9.17, 15) is 0 Å². The van der Waals surface area contributed by atoms with E-state index >= 15 is 0 Å². The SMILES string of the molecule is CCCCSC1=Nc2ccc3c4c(ccc(c24)S1)N=C(SC)S3. The van der Waals surface area contributed by atoms with Crippen molar-refractivity contribution in [2.75, 3.05) is 12.0 Å². The standard InChI is InChI=1S/C17H16N2S4/c1-3-4-9-21-17-19-11-6-7-12-14-10(18-16(20-2)22-12)5-8-13(23-17)15(11)14/h5-8H,3-4,9H2,1-2H3. The second-order valence-electron chi connectivity index (χ2n) is 5.28. The lowest BCUT2D eigenvalue weighted by molar-refractivity contribution is 0.898. The quantitative estimate of drug-likeness (QED) is 0.543. The summed E-state index contributed by atoms with van der Waals surface area (Å²) in [6.07, 6.45) is 4.56. The number of thioether (sulfide) groups is 4. The van der Waals surface area contributed by atoms with Crippen LogP contribution in [0.3, 0.4) is 0 Å². The van der Waals surface area contributed by atoms with Gasteiger partial charge in [-0.25, -0.2) is 9.98 Å². The van der Waals surface area contributed by atoms with Gasteiger partial charge in [0.15, 0.2) is 0 Å². The first-order valence-electron chi connectivity index (χ1n) is 7.59. The van der Waals surface area contributed by atoms with Gasteiger partial charge in [0.2, 0.25) is 0 Å². The molecular formula is C17H16N2S4. The average Bonchev–Trinajstić information content (AvgIpc) is 2.59. The summed E-state index contributed by atoms with van der Waals surface area (Å²) in [6, 6.07) is 8.74. The maximum absolute atomic E-state index is 4.89. The zero-order valence-electron chi connectivity index (χ0n) is 13.0. The van der Waals surface area contributed by atoms with E-state index in [1.54, 1.807) is 23.5 Å². The zero-order valence-corrected chi connectivity index (χ0v) is 16.2. The van der Waals surface area contributed by atoms with E-state index < -0.39 is 0 Å². The van der Waals surface area contributed by atoms with Gasteiger partial charge in [-0.1, -0.05) is 48.6 Å². The Kier molecular flexibility index (Phi) is 4.67. The Balaban J connectivity index is 1.81. The molecule has 118 valence electrons. The van der Waals surface area contributed by atoms with Gasteiger partial charge in [-0.05, 0) is 36.9 Å². The molecule has 23 heavy (non-hydrogen) atoms. The first-order chi connectivity index (χ1) is 11.3. The Morgan fingerprint density at radius 1 is 0.913 bits per heavy atom. The van der Waals surface area contributed by atoms with Crippen LogP contribution in [-0.2, 0) is 0 Å². The summed E-state index contributed by atoms with van der Waals surface area (Å²) in [5.74, 6) is 1.15. The summed E-state index contributed by atoms with van der Waals surface area (Å²) in [5.41, 5.74) is 2.18. The van der Waals surface area contributed by atoms with Crippen LogP contribution in [0.5, 0.6) is 0 Å². The van der Waals surface area contributed by atoms with Gasteiger partial charge >= 0.3 is 0 Å². The molecule has 2 aromatic rings. The third-order valence-electron chi connectivity index (χ3n) is 3.76. The molecule has 0 amide bonds. The van der Waals surface area contributed by atoms with E-state index in [1.807, 2.05) is 23.5 Å². The van der Waals surface area contributed by atoms with Crippen molar-refractivity contribution in [3.05, 3.63) is 24.3 Å². The lowest BCUT2D eigenvalue weighted by atomic mass is 10.1. The first kappa shape index (κ1) is 15.9. The summed E-state index contributed by atoms with van der Waals surface area (Å²) in [4.78, 5) is 12.3. The highest BCUT2D eigenvalue weighted by Gasteiger charge is 2.23. The minimum Gasteiger partial charge on any atom is -0.234 e. The van der Waals surface area contributed by atoms with Crippen molar-refractivity contribution in [1.82, 2.24) is 0 Å². The van der Waals surface area contributed by atoms with Crippen molar-refractivity contribution in [3.63, 3.8) is 0 Å². The third-order valence-corrected chi connectivity index (χ3v) is 8.03. The van der Waals surface area contributed by atoms with Crippen molar-refractivity contribution >= 4 is 77.9 Å².